The van der Waals surface area contributed by atoms with Gasteiger partial charge >= 0.3 is 12.2 Å². The minimum Gasteiger partial charge on any atom is -0.308 e. The maximum atomic E-state index is 12.6. The molecule has 0 aliphatic rings. The van der Waals surface area contributed by atoms with Gasteiger partial charge in [0.15, 0.2) is 0 Å². The average molecular weight is 447 g/mol. The molecule has 0 saturated heterocycles. The summed E-state index contributed by atoms with van der Waals surface area (Å²) in [7, 11) is 0. The number of hydrogen-bond donors (Lipinski definition) is 3. The van der Waals surface area contributed by atoms with Crippen LogP contribution >= 0.6 is 11.6 Å². The molecule has 31 heavy (non-hydrogen) atoms. The number of anilines is 3. The molecule has 160 valence electrons. The molecule has 0 radical (unpaired) electrons. The lowest BCUT2D eigenvalue weighted by atomic mass is 10.1. The van der Waals surface area contributed by atoms with Crippen molar-refractivity contribution in [3.8, 4) is 0 Å². The Morgan fingerprint density at radius 3 is 1.81 bits per heavy atom. The quantitative estimate of drug-likeness (QED) is 0.297. The highest BCUT2D eigenvalue weighted by Gasteiger charge is 2.29. The zero-order chi connectivity index (χ0) is 22.4. The topological polar surface area (TPSA) is 65.5 Å². The predicted molar refractivity (Wildman–Crippen MR) is 118 cm³/mol. The number of benzene rings is 3. The lowest BCUT2D eigenvalue weighted by molar-refractivity contribution is -0.137. The molecule has 0 aromatic heterocycles. The maximum absolute atomic E-state index is 12.6. The third-order valence-electron chi connectivity index (χ3n) is 4.23. The zero-order valence-electron chi connectivity index (χ0n) is 16.3. The highest BCUT2D eigenvalue weighted by molar-refractivity contribution is 6.30. The van der Waals surface area contributed by atoms with Crippen molar-refractivity contribution >= 4 is 40.4 Å². The van der Waals surface area contributed by atoms with E-state index in [0.29, 0.717) is 27.8 Å². The van der Waals surface area contributed by atoms with Gasteiger partial charge in [0.2, 0.25) is 0 Å². The van der Waals surface area contributed by atoms with Crippen LogP contribution in [0.5, 0.6) is 0 Å². The molecule has 3 aromatic carbocycles. The predicted octanol–water partition coefficient (Wildman–Crippen LogP) is 6.84. The van der Waals surface area contributed by atoms with Crippen LogP contribution in [0.1, 0.15) is 18.1 Å². The highest BCUT2D eigenvalue weighted by Crippen LogP contribution is 2.29. The number of rotatable bonds is 5. The lowest BCUT2D eigenvalue weighted by Crippen LogP contribution is -2.19. The molecule has 0 heterocycles. The minimum atomic E-state index is -4.38. The second kappa shape index (κ2) is 9.53. The Morgan fingerprint density at radius 1 is 0.806 bits per heavy atom. The van der Waals surface area contributed by atoms with Gasteiger partial charge in [-0.25, -0.2) is 4.79 Å². The molecule has 0 aliphatic carbocycles. The fraction of sp³-hybridized carbons (Fsp3) is 0.0909. The summed E-state index contributed by atoms with van der Waals surface area (Å²) in [5.41, 5.74) is 5.04. The van der Waals surface area contributed by atoms with Crippen molar-refractivity contribution in [1.29, 1.82) is 0 Å². The fourth-order valence-electron chi connectivity index (χ4n) is 2.57. The smallest absolute Gasteiger partial charge is 0.308 e. The van der Waals surface area contributed by atoms with Crippen molar-refractivity contribution in [3.63, 3.8) is 0 Å². The molecule has 9 heteroatoms. The number of carbonyl (C=O) groups is 1. The van der Waals surface area contributed by atoms with E-state index >= 15 is 0 Å². The number of halogens is 4. The van der Waals surface area contributed by atoms with E-state index in [1.807, 2.05) is 0 Å². The lowest BCUT2D eigenvalue weighted by Gasteiger charge is -2.09. The van der Waals surface area contributed by atoms with Crippen LogP contribution in [-0.4, -0.2) is 11.7 Å². The molecule has 3 rings (SSSR count). The molecule has 0 aliphatic heterocycles. The molecule has 0 bridgehead atoms. The molecule has 3 aromatic rings. The van der Waals surface area contributed by atoms with Gasteiger partial charge in [-0.2, -0.15) is 18.3 Å². The number of hydrogen-bond acceptors (Lipinski definition) is 3. The summed E-state index contributed by atoms with van der Waals surface area (Å²) >= 11 is 5.81. The first-order chi connectivity index (χ1) is 14.7. The van der Waals surface area contributed by atoms with Gasteiger partial charge in [0.25, 0.3) is 0 Å². The van der Waals surface area contributed by atoms with Crippen molar-refractivity contribution in [2.75, 3.05) is 16.1 Å². The van der Waals surface area contributed by atoms with E-state index in [9.17, 15) is 18.0 Å². The molecule has 0 fully saturated rings. The van der Waals surface area contributed by atoms with Gasteiger partial charge in [-0.1, -0.05) is 23.7 Å². The summed E-state index contributed by atoms with van der Waals surface area (Å²) in [5.74, 6) is 0. The van der Waals surface area contributed by atoms with E-state index in [1.54, 1.807) is 55.5 Å². The number of urea groups is 1. The molecular weight excluding hydrogens is 429 g/mol. The number of carbonyl (C=O) groups excluding carboxylic acids is 1. The Bertz CT molecular complexity index is 1060. The van der Waals surface area contributed by atoms with Gasteiger partial charge in [0, 0.05) is 16.4 Å². The van der Waals surface area contributed by atoms with Gasteiger partial charge in [0.1, 0.15) is 0 Å². The van der Waals surface area contributed by atoms with Crippen molar-refractivity contribution < 1.29 is 18.0 Å². The van der Waals surface area contributed by atoms with Crippen molar-refractivity contribution in [2.45, 2.75) is 13.1 Å². The molecule has 0 saturated carbocycles. The summed E-state index contributed by atoms with van der Waals surface area (Å²) in [6, 6.07) is 17.9. The normalized spacial score (nSPS) is 11.7. The van der Waals surface area contributed by atoms with Gasteiger partial charge in [0.05, 0.1) is 17.0 Å². The second-order valence-corrected chi connectivity index (χ2v) is 6.98. The molecule has 0 unspecified atom stereocenters. The number of amides is 2. The first-order valence-electron chi connectivity index (χ1n) is 9.12. The zero-order valence-corrected chi connectivity index (χ0v) is 17.1. The SMILES string of the molecule is C/C(=N/Nc1ccc(C(F)(F)F)cc1)c1ccc(NC(=O)Nc2ccc(Cl)cc2)cc1. The summed E-state index contributed by atoms with van der Waals surface area (Å²) < 4.78 is 37.8. The fourth-order valence-corrected chi connectivity index (χ4v) is 2.69. The minimum absolute atomic E-state index is 0.399. The Morgan fingerprint density at radius 2 is 1.29 bits per heavy atom. The van der Waals surface area contributed by atoms with E-state index in [2.05, 4.69) is 21.2 Å². The van der Waals surface area contributed by atoms with Crippen LogP contribution in [0.4, 0.5) is 35.0 Å². The van der Waals surface area contributed by atoms with E-state index in [4.69, 9.17) is 11.6 Å². The molecular formula is C22H18ClF3N4O. The molecule has 0 atom stereocenters. The third kappa shape index (κ3) is 6.48. The van der Waals surface area contributed by atoms with E-state index in [-0.39, 0.29) is 0 Å². The monoisotopic (exact) mass is 446 g/mol. The number of hydrazone groups is 1. The van der Waals surface area contributed by atoms with Crippen LogP contribution in [0.15, 0.2) is 77.9 Å². The standard InChI is InChI=1S/C22H18ClF3N4O/c1-14(29-30-20-10-4-16(5-11-20)22(24,25)26)15-2-8-18(9-3-15)27-21(31)28-19-12-6-17(23)7-13-19/h2-13,30H,1H3,(H2,27,28,31)/b29-14-. The van der Waals surface area contributed by atoms with Crippen LogP contribution in [0, 0.1) is 0 Å². The second-order valence-electron chi connectivity index (χ2n) is 6.55. The largest absolute Gasteiger partial charge is 0.416 e. The summed E-state index contributed by atoms with van der Waals surface area (Å²) in [6.45, 7) is 1.76. The van der Waals surface area contributed by atoms with Gasteiger partial charge in [-0.3, -0.25) is 5.43 Å². The van der Waals surface area contributed by atoms with Crippen molar-refractivity contribution in [3.05, 3.63) is 88.9 Å². The third-order valence-corrected chi connectivity index (χ3v) is 4.48. The average Bonchev–Trinajstić information content (AvgIpc) is 2.74. The van der Waals surface area contributed by atoms with Crippen LogP contribution in [0.25, 0.3) is 0 Å². The Hall–Kier alpha value is -3.52. The van der Waals surface area contributed by atoms with Gasteiger partial charge in [-0.05, 0) is 73.2 Å². The summed E-state index contributed by atoms with van der Waals surface area (Å²) in [6.07, 6.45) is -4.38. The Kier molecular flexibility index (Phi) is 6.81. The molecule has 5 nitrogen and oxygen atoms in total. The number of nitrogens with zero attached hydrogens (tertiary/aromatic N) is 1. The Balaban J connectivity index is 1.57. The first-order valence-corrected chi connectivity index (χ1v) is 9.50. The van der Waals surface area contributed by atoms with Crippen LogP contribution in [-0.2, 0) is 6.18 Å². The molecule has 2 amide bonds. The molecule has 3 N–H and O–H groups in total. The maximum Gasteiger partial charge on any atom is 0.416 e. The number of nitrogens with one attached hydrogen (secondary N) is 3. The summed E-state index contributed by atoms with van der Waals surface area (Å²) in [5, 5.41) is 10.2. The molecule has 0 spiro atoms. The Labute approximate surface area is 181 Å². The van der Waals surface area contributed by atoms with Crippen molar-refractivity contribution in [2.24, 2.45) is 5.10 Å². The van der Waals surface area contributed by atoms with Crippen LogP contribution in [0.3, 0.4) is 0 Å². The summed E-state index contributed by atoms with van der Waals surface area (Å²) in [4.78, 5) is 12.1. The van der Waals surface area contributed by atoms with Crippen molar-refractivity contribution in [1.82, 2.24) is 0 Å². The van der Waals surface area contributed by atoms with Gasteiger partial charge in [-0.15, -0.1) is 0 Å². The number of alkyl halides is 3. The van der Waals surface area contributed by atoms with Crippen LogP contribution < -0.4 is 16.1 Å². The van der Waals surface area contributed by atoms with Crippen LogP contribution in [0.2, 0.25) is 5.02 Å². The van der Waals surface area contributed by atoms with E-state index < -0.39 is 17.8 Å². The highest BCUT2D eigenvalue weighted by atomic mass is 35.5. The van der Waals surface area contributed by atoms with E-state index in [1.165, 1.54) is 12.1 Å². The van der Waals surface area contributed by atoms with E-state index in [0.717, 1.165) is 17.7 Å². The van der Waals surface area contributed by atoms with Gasteiger partial charge < -0.3 is 10.6 Å². The first kappa shape index (κ1) is 22.2.